The largest absolute Gasteiger partial charge is 0.0687 e. The van der Waals surface area contributed by atoms with Crippen LogP contribution in [-0.2, 0) is 5.16 Å². The molecule has 0 fully saturated rings. The van der Waals surface area contributed by atoms with Gasteiger partial charge in [0.15, 0.2) is 0 Å². The van der Waals surface area contributed by atoms with E-state index in [2.05, 4.69) is 170 Å². The minimum absolute atomic E-state index is 0.159. The molecule has 0 aliphatic heterocycles. The van der Waals surface area contributed by atoms with Gasteiger partial charge in [-0.3, -0.25) is 0 Å². The molecule has 1 aliphatic rings. The fourth-order valence-electron chi connectivity index (χ4n) is 5.47. The van der Waals surface area contributed by atoms with Crippen molar-refractivity contribution in [2.24, 2.45) is 0 Å². The van der Waals surface area contributed by atoms with Crippen molar-refractivity contribution in [1.82, 2.24) is 0 Å². The molecule has 1 atom stereocenters. The fourth-order valence-corrected chi connectivity index (χ4v) is 11.3. The van der Waals surface area contributed by atoms with E-state index in [4.69, 9.17) is 0 Å². The predicted molar refractivity (Wildman–Crippen MR) is 168 cm³/mol. The molecule has 1 unspecified atom stereocenters. The summed E-state index contributed by atoms with van der Waals surface area (Å²) in [6, 6.07) is 55.7. The highest BCUT2D eigenvalue weighted by Gasteiger charge is 2.43. The van der Waals surface area contributed by atoms with Crippen LogP contribution < -0.4 is 21.2 Å². The summed E-state index contributed by atoms with van der Waals surface area (Å²) >= 11 is 0. The SMILES string of the molecule is C1=CC(c2ccccc2)(P(c2ccccc2)c2ccccc2)CC(P(c2ccccc2)c2ccccc2)=C1. The van der Waals surface area contributed by atoms with Gasteiger partial charge in [0, 0.05) is 5.16 Å². The Kier molecular flexibility index (Phi) is 7.46. The smallest absolute Gasteiger partial charge is 0.0457 e. The Morgan fingerprint density at radius 2 is 0.842 bits per heavy atom. The van der Waals surface area contributed by atoms with Crippen molar-refractivity contribution >= 4 is 37.1 Å². The van der Waals surface area contributed by atoms with Gasteiger partial charge >= 0.3 is 0 Å². The van der Waals surface area contributed by atoms with Crippen LogP contribution in [0.4, 0.5) is 0 Å². The summed E-state index contributed by atoms with van der Waals surface area (Å²) in [4.78, 5) is 0. The predicted octanol–water partition coefficient (Wildman–Crippen LogP) is 7.99. The number of benzene rings is 5. The van der Waals surface area contributed by atoms with E-state index >= 15 is 0 Å². The standard InChI is InChI=1S/C36H30P2/c1-6-17-30(18-7-1)36(38(33-23-12-4-13-24-33)34-25-14-5-15-26-34)28-16-27-35(29-36)37(31-19-8-2-9-20-31)32-21-10-3-11-22-32/h1-28H,29H2. The van der Waals surface area contributed by atoms with Crippen LogP contribution in [0.5, 0.6) is 0 Å². The lowest BCUT2D eigenvalue weighted by Crippen LogP contribution is -2.33. The molecule has 0 nitrogen and oxygen atoms in total. The zero-order chi connectivity index (χ0) is 25.6. The van der Waals surface area contributed by atoms with Crippen LogP contribution in [0, 0.1) is 0 Å². The van der Waals surface area contributed by atoms with Crippen LogP contribution >= 0.6 is 15.8 Å². The van der Waals surface area contributed by atoms with Crippen molar-refractivity contribution < 1.29 is 0 Å². The summed E-state index contributed by atoms with van der Waals surface area (Å²) < 4.78 is 0. The van der Waals surface area contributed by atoms with Crippen molar-refractivity contribution in [3.63, 3.8) is 0 Å². The molecule has 0 heterocycles. The van der Waals surface area contributed by atoms with Gasteiger partial charge in [0.05, 0.1) is 0 Å². The van der Waals surface area contributed by atoms with E-state index in [1.54, 1.807) is 0 Å². The summed E-state index contributed by atoms with van der Waals surface area (Å²) in [7, 11) is -1.40. The van der Waals surface area contributed by atoms with Crippen molar-refractivity contribution in [3.8, 4) is 0 Å². The molecule has 0 amide bonds. The quantitative estimate of drug-likeness (QED) is 0.189. The highest BCUT2D eigenvalue weighted by atomic mass is 31.1. The summed E-state index contributed by atoms with van der Waals surface area (Å²) in [6.07, 6.45) is 8.23. The van der Waals surface area contributed by atoms with Gasteiger partial charge in [-0.25, -0.2) is 0 Å². The van der Waals surface area contributed by atoms with E-state index < -0.39 is 15.8 Å². The normalized spacial score (nSPS) is 16.9. The van der Waals surface area contributed by atoms with Gasteiger partial charge in [-0.05, 0) is 54.4 Å². The van der Waals surface area contributed by atoms with Crippen molar-refractivity contribution in [2.45, 2.75) is 11.6 Å². The average molecular weight is 525 g/mol. The van der Waals surface area contributed by atoms with Gasteiger partial charge in [0.1, 0.15) is 0 Å². The van der Waals surface area contributed by atoms with E-state index in [0.717, 1.165) is 6.42 Å². The van der Waals surface area contributed by atoms with E-state index in [-0.39, 0.29) is 5.16 Å². The lowest BCUT2D eigenvalue weighted by atomic mass is 9.91. The number of hydrogen-bond donors (Lipinski definition) is 0. The lowest BCUT2D eigenvalue weighted by Gasteiger charge is -2.43. The Balaban J connectivity index is 1.55. The molecule has 0 bridgehead atoms. The van der Waals surface area contributed by atoms with Gasteiger partial charge < -0.3 is 0 Å². The fraction of sp³-hybridized carbons (Fsp3) is 0.0556. The van der Waals surface area contributed by atoms with Crippen LogP contribution in [0.25, 0.3) is 0 Å². The van der Waals surface area contributed by atoms with E-state index in [1.807, 2.05) is 0 Å². The van der Waals surface area contributed by atoms with E-state index in [0.29, 0.717) is 0 Å². The molecule has 0 N–H and O–H groups in total. The molecule has 5 aromatic rings. The molecule has 5 aromatic carbocycles. The van der Waals surface area contributed by atoms with Crippen molar-refractivity contribution in [2.75, 3.05) is 0 Å². The summed E-state index contributed by atoms with van der Waals surface area (Å²) in [5.74, 6) is 0. The molecule has 38 heavy (non-hydrogen) atoms. The van der Waals surface area contributed by atoms with Crippen molar-refractivity contribution in [3.05, 3.63) is 181 Å². The zero-order valence-corrected chi connectivity index (χ0v) is 23.1. The maximum Gasteiger partial charge on any atom is 0.0457 e. The second-order valence-corrected chi connectivity index (χ2v) is 14.3. The van der Waals surface area contributed by atoms with Gasteiger partial charge in [-0.2, -0.15) is 0 Å². The Hall–Kier alpha value is -3.56. The highest BCUT2D eigenvalue weighted by Crippen LogP contribution is 2.63. The zero-order valence-electron chi connectivity index (χ0n) is 21.3. The molecule has 0 saturated carbocycles. The van der Waals surface area contributed by atoms with Gasteiger partial charge in [0.25, 0.3) is 0 Å². The number of rotatable bonds is 7. The molecular formula is C36H30P2. The third-order valence-electron chi connectivity index (χ3n) is 7.13. The van der Waals surface area contributed by atoms with Crippen LogP contribution in [-0.4, -0.2) is 0 Å². The summed E-state index contributed by atoms with van der Waals surface area (Å²) in [6.45, 7) is 0. The van der Waals surface area contributed by atoms with Crippen LogP contribution in [0.15, 0.2) is 175 Å². The lowest BCUT2D eigenvalue weighted by molar-refractivity contribution is 0.760. The minimum Gasteiger partial charge on any atom is -0.0687 e. The first-order chi connectivity index (χ1) is 18.9. The Morgan fingerprint density at radius 1 is 0.447 bits per heavy atom. The maximum absolute atomic E-state index is 2.50. The van der Waals surface area contributed by atoms with Gasteiger partial charge in [-0.1, -0.05) is 170 Å². The highest BCUT2D eigenvalue weighted by molar-refractivity contribution is 7.77. The third kappa shape index (κ3) is 4.96. The third-order valence-corrected chi connectivity index (χ3v) is 12.6. The minimum atomic E-state index is -0.736. The molecule has 6 rings (SSSR count). The number of allylic oxidation sites excluding steroid dienone is 4. The molecule has 0 saturated heterocycles. The molecule has 2 heteroatoms. The second-order valence-electron chi connectivity index (χ2n) is 9.50. The average Bonchev–Trinajstić information content (AvgIpc) is 3.00. The van der Waals surface area contributed by atoms with Gasteiger partial charge in [-0.15, -0.1) is 0 Å². The van der Waals surface area contributed by atoms with E-state index in [9.17, 15) is 0 Å². The Bertz CT molecular complexity index is 1430. The number of hydrogen-bond acceptors (Lipinski definition) is 0. The molecule has 0 aromatic heterocycles. The molecule has 0 radical (unpaired) electrons. The van der Waals surface area contributed by atoms with Crippen LogP contribution in [0.2, 0.25) is 0 Å². The molecular weight excluding hydrogens is 494 g/mol. The van der Waals surface area contributed by atoms with Crippen LogP contribution in [0.3, 0.4) is 0 Å². The Labute approximate surface area is 228 Å². The van der Waals surface area contributed by atoms with E-state index in [1.165, 1.54) is 32.1 Å². The monoisotopic (exact) mass is 524 g/mol. The molecule has 1 aliphatic carbocycles. The summed E-state index contributed by atoms with van der Waals surface area (Å²) in [5, 5.41) is 6.98. The van der Waals surface area contributed by atoms with Crippen molar-refractivity contribution in [1.29, 1.82) is 0 Å². The van der Waals surface area contributed by atoms with Crippen LogP contribution in [0.1, 0.15) is 12.0 Å². The maximum atomic E-state index is 2.50. The molecule has 0 spiro atoms. The molecule has 184 valence electrons. The topological polar surface area (TPSA) is 0 Å². The summed E-state index contributed by atoms with van der Waals surface area (Å²) in [5.41, 5.74) is 1.39. The first-order valence-corrected chi connectivity index (χ1v) is 15.8. The first-order valence-electron chi connectivity index (χ1n) is 13.1. The second kappa shape index (κ2) is 11.4. The Morgan fingerprint density at radius 3 is 1.29 bits per heavy atom. The first kappa shape index (κ1) is 24.8. The van der Waals surface area contributed by atoms with Gasteiger partial charge in [0.2, 0.25) is 0 Å².